The second-order valence-corrected chi connectivity index (χ2v) is 9.76. The number of H-pyrrole nitrogens is 1. The molecule has 0 aliphatic carbocycles. The standard InChI is InChI=1S/C19H14BrN3O3S2/c1-23(28(25,26)14-8-6-13(20)7-9-14)19-22-17(11-27-19)15-10-12-4-2-3-5-16(12)21-18(15)24/h2-11H,1H3,(H,21,24). The van der Waals surface area contributed by atoms with E-state index >= 15 is 0 Å². The summed E-state index contributed by atoms with van der Waals surface area (Å²) in [7, 11) is -2.30. The van der Waals surface area contributed by atoms with E-state index in [0.717, 1.165) is 31.0 Å². The Balaban J connectivity index is 1.72. The average molecular weight is 476 g/mol. The van der Waals surface area contributed by atoms with Gasteiger partial charge in [-0.2, -0.15) is 0 Å². The highest BCUT2D eigenvalue weighted by atomic mass is 79.9. The largest absolute Gasteiger partial charge is 0.321 e. The maximum absolute atomic E-state index is 12.8. The summed E-state index contributed by atoms with van der Waals surface area (Å²) in [6.07, 6.45) is 0. The molecule has 2 heterocycles. The molecule has 6 nitrogen and oxygen atoms in total. The first-order valence-corrected chi connectivity index (χ1v) is 11.3. The number of thiazole rings is 1. The number of aromatic amines is 1. The third kappa shape index (κ3) is 3.36. The first-order valence-electron chi connectivity index (χ1n) is 8.19. The molecule has 4 aromatic rings. The van der Waals surface area contributed by atoms with Crippen molar-refractivity contribution in [3.63, 3.8) is 0 Å². The predicted octanol–water partition coefficient (Wildman–Crippen LogP) is 4.24. The second kappa shape index (κ2) is 7.16. The summed E-state index contributed by atoms with van der Waals surface area (Å²) in [5, 5.41) is 2.84. The van der Waals surface area contributed by atoms with Crippen LogP contribution in [0.1, 0.15) is 0 Å². The number of anilines is 1. The molecule has 4 rings (SSSR count). The van der Waals surface area contributed by atoms with Crippen LogP contribution in [0.3, 0.4) is 0 Å². The molecular formula is C19H14BrN3O3S2. The van der Waals surface area contributed by atoms with Gasteiger partial charge in [0.15, 0.2) is 5.13 Å². The molecule has 1 N–H and O–H groups in total. The van der Waals surface area contributed by atoms with Crippen molar-refractivity contribution in [1.29, 1.82) is 0 Å². The van der Waals surface area contributed by atoms with E-state index in [-0.39, 0.29) is 15.6 Å². The molecule has 0 spiro atoms. The molecule has 0 aliphatic heterocycles. The Labute approximate surface area is 173 Å². The summed E-state index contributed by atoms with van der Waals surface area (Å²) in [5.74, 6) is 0. The number of nitrogens with zero attached hydrogens (tertiary/aromatic N) is 2. The number of rotatable bonds is 4. The van der Waals surface area contributed by atoms with Crippen molar-refractivity contribution in [2.75, 3.05) is 11.4 Å². The maximum atomic E-state index is 12.8. The van der Waals surface area contributed by atoms with Gasteiger partial charge in [0.1, 0.15) is 0 Å². The van der Waals surface area contributed by atoms with Gasteiger partial charge in [-0.15, -0.1) is 11.3 Å². The fraction of sp³-hybridized carbons (Fsp3) is 0.0526. The molecule has 142 valence electrons. The minimum Gasteiger partial charge on any atom is -0.321 e. The molecule has 0 atom stereocenters. The van der Waals surface area contributed by atoms with E-state index in [1.807, 2.05) is 24.3 Å². The Hall–Kier alpha value is -2.49. The number of nitrogens with one attached hydrogen (secondary N) is 1. The molecule has 0 bridgehead atoms. The molecule has 0 saturated carbocycles. The average Bonchev–Trinajstić information content (AvgIpc) is 3.17. The number of pyridine rings is 1. The summed E-state index contributed by atoms with van der Waals surface area (Å²) in [6.45, 7) is 0. The SMILES string of the molecule is CN(c1nc(-c2cc3ccccc3[nH]c2=O)cs1)S(=O)(=O)c1ccc(Br)cc1. The third-order valence-electron chi connectivity index (χ3n) is 4.26. The molecular weight excluding hydrogens is 462 g/mol. The van der Waals surface area contributed by atoms with Crippen LogP contribution in [0, 0.1) is 0 Å². The zero-order valence-corrected chi connectivity index (χ0v) is 17.8. The van der Waals surface area contributed by atoms with Gasteiger partial charge in [0, 0.05) is 22.4 Å². The number of hydrogen-bond donors (Lipinski definition) is 1. The van der Waals surface area contributed by atoms with Gasteiger partial charge in [-0.25, -0.2) is 17.7 Å². The van der Waals surface area contributed by atoms with Crippen LogP contribution in [0.15, 0.2) is 74.1 Å². The van der Waals surface area contributed by atoms with Crippen molar-refractivity contribution in [3.05, 3.63) is 74.8 Å². The number of sulfonamides is 1. The molecule has 0 radical (unpaired) electrons. The van der Waals surface area contributed by atoms with E-state index in [0.29, 0.717) is 11.3 Å². The van der Waals surface area contributed by atoms with Gasteiger partial charge in [-0.05, 0) is 41.8 Å². The van der Waals surface area contributed by atoms with Crippen molar-refractivity contribution in [2.45, 2.75) is 4.90 Å². The Kier molecular flexibility index (Phi) is 4.82. The van der Waals surface area contributed by atoms with Crippen LogP contribution in [0.25, 0.3) is 22.2 Å². The van der Waals surface area contributed by atoms with Crippen molar-refractivity contribution < 1.29 is 8.42 Å². The quantitative estimate of drug-likeness (QED) is 0.478. The van der Waals surface area contributed by atoms with Gasteiger partial charge in [-0.1, -0.05) is 34.1 Å². The highest BCUT2D eigenvalue weighted by molar-refractivity contribution is 9.10. The van der Waals surface area contributed by atoms with Crippen LogP contribution in [-0.4, -0.2) is 25.4 Å². The molecule has 9 heteroatoms. The van der Waals surface area contributed by atoms with E-state index in [9.17, 15) is 13.2 Å². The lowest BCUT2D eigenvalue weighted by atomic mass is 10.1. The van der Waals surface area contributed by atoms with Gasteiger partial charge in [0.2, 0.25) is 0 Å². The molecule has 2 aromatic carbocycles. The van der Waals surface area contributed by atoms with Crippen molar-refractivity contribution in [3.8, 4) is 11.3 Å². The minimum atomic E-state index is -3.75. The fourth-order valence-corrected chi connectivity index (χ4v) is 5.16. The van der Waals surface area contributed by atoms with E-state index < -0.39 is 10.0 Å². The Morgan fingerprint density at radius 3 is 2.57 bits per heavy atom. The second-order valence-electron chi connectivity index (χ2n) is 6.04. The highest BCUT2D eigenvalue weighted by Gasteiger charge is 2.24. The van der Waals surface area contributed by atoms with Crippen LogP contribution in [-0.2, 0) is 10.0 Å². The number of benzene rings is 2. The summed E-state index contributed by atoms with van der Waals surface area (Å²) < 4.78 is 27.6. The van der Waals surface area contributed by atoms with E-state index in [1.165, 1.54) is 19.2 Å². The van der Waals surface area contributed by atoms with Crippen molar-refractivity contribution in [1.82, 2.24) is 9.97 Å². The van der Waals surface area contributed by atoms with Crippen LogP contribution in [0.5, 0.6) is 0 Å². The molecule has 0 saturated heterocycles. The number of hydrogen-bond acceptors (Lipinski definition) is 5. The molecule has 2 aromatic heterocycles. The van der Waals surface area contributed by atoms with Crippen LogP contribution < -0.4 is 9.86 Å². The smallest absolute Gasteiger partial charge is 0.265 e. The van der Waals surface area contributed by atoms with Gasteiger partial charge in [0.25, 0.3) is 15.6 Å². The summed E-state index contributed by atoms with van der Waals surface area (Å²) in [5.41, 5.74) is 1.30. The fourth-order valence-electron chi connectivity index (χ4n) is 2.74. The molecule has 0 amide bonds. The third-order valence-corrected chi connectivity index (χ3v) is 7.59. The number of para-hydroxylation sites is 1. The van der Waals surface area contributed by atoms with Crippen LogP contribution >= 0.6 is 27.3 Å². The monoisotopic (exact) mass is 475 g/mol. The van der Waals surface area contributed by atoms with E-state index in [4.69, 9.17) is 0 Å². The van der Waals surface area contributed by atoms with Gasteiger partial charge in [-0.3, -0.25) is 4.79 Å². The summed E-state index contributed by atoms with van der Waals surface area (Å²) in [4.78, 5) is 19.8. The normalized spacial score (nSPS) is 11.6. The lowest BCUT2D eigenvalue weighted by Crippen LogP contribution is -2.26. The Bertz CT molecular complexity index is 1330. The summed E-state index contributed by atoms with van der Waals surface area (Å²) >= 11 is 4.46. The lowest BCUT2D eigenvalue weighted by molar-refractivity contribution is 0.594. The molecule has 0 unspecified atom stereocenters. The molecule has 0 fully saturated rings. The van der Waals surface area contributed by atoms with E-state index in [2.05, 4.69) is 25.9 Å². The Morgan fingerprint density at radius 2 is 1.82 bits per heavy atom. The van der Waals surface area contributed by atoms with Crippen molar-refractivity contribution >= 4 is 53.3 Å². The van der Waals surface area contributed by atoms with Crippen molar-refractivity contribution in [2.24, 2.45) is 0 Å². The van der Waals surface area contributed by atoms with E-state index in [1.54, 1.807) is 23.6 Å². The summed E-state index contributed by atoms with van der Waals surface area (Å²) in [6, 6.07) is 15.6. The number of fused-ring (bicyclic) bond motifs is 1. The zero-order chi connectivity index (χ0) is 19.9. The van der Waals surface area contributed by atoms with Crippen LogP contribution in [0.2, 0.25) is 0 Å². The number of aromatic nitrogens is 2. The maximum Gasteiger partial charge on any atom is 0.265 e. The predicted molar refractivity (Wildman–Crippen MR) is 115 cm³/mol. The minimum absolute atomic E-state index is 0.165. The van der Waals surface area contributed by atoms with Gasteiger partial charge in [0.05, 0.1) is 16.2 Å². The van der Waals surface area contributed by atoms with Gasteiger partial charge < -0.3 is 4.98 Å². The first kappa shape index (κ1) is 18.9. The number of halogens is 1. The molecule has 28 heavy (non-hydrogen) atoms. The topological polar surface area (TPSA) is 83.1 Å². The highest BCUT2D eigenvalue weighted by Crippen LogP contribution is 2.30. The zero-order valence-electron chi connectivity index (χ0n) is 14.6. The van der Waals surface area contributed by atoms with Gasteiger partial charge >= 0.3 is 0 Å². The molecule has 0 aliphatic rings. The first-order chi connectivity index (χ1) is 13.4. The Morgan fingerprint density at radius 1 is 1.11 bits per heavy atom. The lowest BCUT2D eigenvalue weighted by Gasteiger charge is -2.16. The van der Waals surface area contributed by atoms with Crippen LogP contribution in [0.4, 0.5) is 5.13 Å².